The maximum absolute atomic E-state index is 12.7. The first-order chi connectivity index (χ1) is 14.0. The van der Waals surface area contributed by atoms with Gasteiger partial charge in [0.15, 0.2) is 0 Å². The van der Waals surface area contributed by atoms with Crippen molar-refractivity contribution in [2.45, 2.75) is 39.3 Å². The Morgan fingerprint density at radius 2 is 1.79 bits per heavy atom. The molecule has 1 aromatic heterocycles. The molecule has 1 atom stereocenters. The van der Waals surface area contributed by atoms with E-state index >= 15 is 0 Å². The lowest BCUT2D eigenvalue weighted by Gasteiger charge is -2.18. The monoisotopic (exact) mass is 389 g/mol. The highest BCUT2D eigenvalue weighted by Gasteiger charge is 2.15. The molecule has 0 aliphatic rings. The Balaban J connectivity index is 1.60. The van der Waals surface area contributed by atoms with Crippen LogP contribution in [0.3, 0.4) is 0 Å². The van der Waals surface area contributed by atoms with Crippen LogP contribution in [0.5, 0.6) is 5.75 Å². The molecule has 1 amide bonds. The van der Waals surface area contributed by atoms with Gasteiger partial charge < -0.3 is 15.4 Å². The summed E-state index contributed by atoms with van der Waals surface area (Å²) in [6, 6.07) is 20.8. The zero-order chi connectivity index (χ0) is 20.6. The largest absolute Gasteiger partial charge is 0.487 e. The van der Waals surface area contributed by atoms with Crippen molar-refractivity contribution in [1.82, 2.24) is 4.98 Å². The molecule has 3 rings (SSSR count). The molecule has 0 saturated heterocycles. The number of hydrogen-bond acceptors (Lipinski definition) is 4. The molecular formula is C24H27N3O2. The van der Waals surface area contributed by atoms with Crippen LogP contribution >= 0.6 is 0 Å². The van der Waals surface area contributed by atoms with Gasteiger partial charge >= 0.3 is 0 Å². The highest BCUT2D eigenvalue weighted by Crippen LogP contribution is 2.24. The number of carbonyl (C=O) groups is 1. The number of benzene rings is 2. The molecule has 0 saturated carbocycles. The fourth-order valence-corrected chi connectivity index (χ4v) is 2.99. The average molecular weight is 389 g/mol. The van der Waals surface area contributed by atoms with E-state index in [1.54, 1.807) is 6.20 Å². The molecule has 0 radical (unpaired) electrons. The minimum atomic E-state index is -0.402. The highest BCUT2D eigenvalue weighted by molar-refractivity contribution is 5.96. The third-order valence-corrected chi connectivity index (χ3v) is 4.56. The molecule has 2 aromatic carbocycles. The molecule has 1 unspecified atom stereocenters. The Hall–Kier alpha value is -3.34. The number of amides is 1. The Labute approximate surface area is 172 Å². The SMILES string of the molecule is CC(Nc1cccc(OCc2ccccn2)c1)C(=O)Nc1ccccc1C(C)C. The molecule has 5 nitrogen and oxygen atoms in total. The van der Waals surface area contributed by atoms with Crippen molar-refractivity contribution < 1.29 is 9.53 Å². The molecule has 0 aliphatic heterocycles. The van der Waals surface area contributed by atoms with E-state index in [0.717, 1.165) is 28.4 Å². The summed E-state index contributed by atoms with van der Waals surface area (Å²) < 4.78 is 5.81. The molecule has 0 bridgehead atoms. The standard InChI is InChI=1S/C24H27N3O2/c1-17(2)22-12-4-5-13-23(22)27-24(28)18(3)26-19-10-8-11-21(15-19)29-16-20-9-6-7-14-25-20/h4-15,17-18,26H,16H2,1-3H3,(H,27,28). The molecule has 3 aromatic rings. The third-order valence-electron chi connectivity index (χ3n) is 4.56. The number of anilines is 2. The van der Waals surface area contributed by atoms with Crippen LogP contribution in [0.25, 0.3) is 0 Å². The molecule has 0 spiro atoms. The summed E-state index contributed by atoms with van der Waals surface area (Å²) in [6.07, 6.45) is 1.74. The summed E-state index contributed by atoms with van der Waals surface area (Å²) in [6.45, 7) is 6.47. The minimum Gasteiger partial charge on any atom is -0.487 e. The Morgan fingerprint density at radius 3 is 2.55 bits per heavy atom. The maximum atomic E-state index is 12.7. The molecule has 5 heteroatoms. The molecule has 29 heavy (non-hydrogen) atoms. The number of ether oxygens (including phenoxy) is 1. The number of pyridine rings is 1. The van der Waals surface area contributed by atoms with Gasteiger partial charge in [-0.2, -0.15) is 0 Å². The fourth-order valence-electron chi connectivity index (χ4n) is 2.99. The summed E-state index contributed by atoms with van der Waals surface area (Å²) in [5, 5.41) is 6.27. The Bertz CT molecular complexity index is 942. The van der Waals surface area contributed by atoms with Crippen molar-refractivity contribution in [1.29, 1.82) is 0 Å². The van der Waals surface area contributed by atoms with Gasteiger partial charge in [-0.1, -0.05) is 44.2 Å². The molecule has 1 heterocycles. The van der Waals surface area contributed by atoms with E-state index in [4.69, 9.17) is 4.74 Å². The van der Waals surface area contributed by atoms with E-state index in [-0.39, 0.29) is 5.91 Å². The quantitative estimate of drug-likeness (QED) is 0.554. The zero-order valence-electron chi connectivity index (χ0n) is 17.1. The molecule has 0 aliphatic carbocycles. The zero-order valence-corrected chi connectivity index (χ0v) is 17.1. The number of aromatic nitrogens is 1. The fraction of sp³-hybridized carbons (Fsp3) is 0.250. The van der Waals surface area contributed by atoms with Crippen molar-refractivity contribution in [3.63, 3.8) is 0 Å². The second-order valence-corrected chi connectivity index (χ2v) is 7.23. The van der Waals surface area contributed by atoms with Gasteiger partial charge in [-0.15, -0.1) is 0 Å². The van der Waals surface area contributed by atoms with E-state index in [1.807, 2.05) is 73.7 Å². The Morgan fingerprint density at radius 1 is 1.00 bits per heavy atom. The number of carbonyl (C=O) groups excluding carboxylic acids is 1. The van der Waals surface area contributed by atoms with Gasteiger partial charge in [-0.05, 0) is 48.7 Å². The number of rotatable bonds is 8. The van der Waals surface area contributed by atoms with E-state index in [9.17, 15) is 4.79 Å². The van der Waals surface area contributed by atoms with Crippen molar-refractivity contribution >= 4 is 17.3 Å². The predicted octanol–water partition coefficient (Wildman–Crippen LogP) is 5.22. The first-order valence-corrected chi connectivity index (χ1v) is 9.82. The van der Waals surface area contributed by atoms with Gasteiger partial charge in [0.25, 0.3) is 0 Å². The molecular weight excluding hydrogens is 362 g/mol. The van der Waals surface area contributed by atoms with Crippen LogP contribution in [0, 0.1) is 0 Å². The second kappa shape index (κ2) is 9.73. The summed E-state index contributed by atoms with van der Waals surface area (Å²) >= 11 is 0. The van der Waals surface area contributed by atoms with Crippen LogP contribution in [-0.4, -0.2) is 16.9 Å². The van der Waals surface area contributed by atoms with E-state index in [2.05, 4.69) is 29.5 Å². The smallest absolute Gasteiger partial charge is 0.246 e. The van der Waals surface area contributed by atoms with Crippen molar-refractivity contribution in [3.05, 3.63) is 84.2 Å². The lowest BCUT2D eigenvalue weighted by molar-refractivity contribution is -0.116. The summed E-state index contributed by atoms with van der Waals surface area (Å²) in [5.74, 6) is 0.971. The number of para-hydroxylation sites is 1. The van der Waals surface area contributed by atoms with Crippen LogP contribution in [0.1, 0.15) is 37.9 Å². The predicted molar refractivity (Wildman–Crippen MR) is 117 cm³/mol. The van der Waals surface area contributed by atoms with Crippen LogP contribution in [0.15, 0.2) is 72.9 Å². The Kier molecular flexibility index (Phi) is 6.85. The molecule has 2 N–H and O–H groups in total. The van der Waals surface area contributed by atoms with Gasteiger partial charge in [0.05, 0.1) is 5.69 Å². The van der Waals surface area contributed by atoms with E-state index in [0.29, 0.717) is 12.5 Å². The van der Waals surface area contributed by atoms with Gasteiger partial charge in [-0.3, -0.25) is 9.78 Å². The lowest BCUT2D eigenvalue weighted by atomic mass is 10.0. The van der Waals surface area contributed by atoms with Crippen molar-refractivity contribution in [2.24, 2.45) is 0 Å². The van der Waals surface area contributed by atoms with Gasteiger partial charge in [0.2, 0.25) is 5.91 Å². The van der Waals surface area contributed by atoms with Crippen molar-refractivity contribution in [3.8, 4) is 5.75 Å². The third kappa shape index (κ3) is 5.82. The lowest BCUT2D eigenvalue weighted by Crippen LogP contribution is -2.32. The van der Waals surface area contributed by atoms with Gasteiger partial charge in [0, 0.05) is 23.6 Å². The van der Waals surface area contributed by atoms with E-state index < -0.39 is 6.04 Å². The molecule has 0 fully saturated rings. The van der Waals surface area contributed by atoms with Gasteiger partial charge in [0.1, 0.15) is 18.4 Å². The van der Waals surface area contributed by atoms with Crippen molar-refractivity contribution in [2.75, 3.05) is 10.6 Å². The summed E-state index contributed by atoms with van der Waals surface area (Å²) in [5.41, 5.74) is 3.66. The second-order valence-electron chi connectivity index (χ2n) is 7.23. The average Bonchev–Trinajstić information content (AvgIpc) is 2.73. The maximum Gasteiger partial charge on any atom is 0.246 e. The summed E-state index contributed by atoms with van der Waals surface area (Å²) in [4.78, 5) is 16.9. The van der Waals surface area contributed by atoms with Crippen LogP contribution in [-0.2, 0) is 11.4 Å². The first-order valence-electron chi connectivity index (χ1n) is 9.82. The summed E-state index contributed by atoms with van der Waals surface area (Å²) in [7, 11) is 0. The number of nitrogens with one attached hydrogen (secondary N) is 2. The van der Waals surface area contributed by atoms with Gasteiger partial charge in [-0.25, -0.2) is 0 Å². The van der Waals surface area contributed by atoms with E-state index in [1.165, 1.54) is 0 Å². The number of nitrogens with zero attached hydrogens (tertiary/aromatic N) is 1. The highest BCUT2D eigenvalue weighted by atomic mass is 16.5. The first kappa shape index (κ1) is 20.4. The topological polar surface area (TPSA) is 63.2 Å². The number of hydrogen-bond donors (Lipinski definition) is 2. The minimum absolute atomic E-state index is 0.0853. The van der Waals surface area contributed by atoms with Crippen LogP contribution in [0.2, 0.25) is 0 Å². The van der Waals surface area contributed by atoms with Crippen LogP contribution < -0.4 is 15.4 Å². The molecule has 150 valence electrons. The van der Waals surface area contributed by atoms with Crippen LogP contribution in [0.4, 0.5) is 11.4 Å². The normalized spacial score (nSPS) is 11.7.